The van der Waals surface area contributed by atoms with Crippen LogP contribution in [0, 0.1) is 5.92 Å². The van der Waals surface area contributed by atoms with E-state index in [-0.39, 0.29) is 5.91 Å². The molecule has 0 spiro atoms. The van der Waals surface area contributed by atoms with Crippen molar-refractivity contribution in [2.45, 2.75) is 27.4 Å². The highest BCUT2D eigenvalue weighted by Crippen LogP contribution is 2.29. The number of nitrogens with one attached hydrogen (secondary N) is 1. The lowest BCUT2D eigenvalue weighted by molar-refractivity contribution is 0.0948. The number of benzene rings is 1. The normalized spacial score (nSPS) is 10.5. The van der Waals surface area contributed by atoms with Gasteiger partial charge >= 0.3 is 0 Å². The molecule has 0 atom stereocenters. The van der Waals surface area contributed by atoms with Crippen molar-refractivity contribution in [2.75, 3.05) is 13.2 Å². The summed E-state index contributed by atoms with van der Waals surface area (Å²) in [5.41, 5.74) is 1.58. The molecule has 5 heteroatoms. The number of aromatic nitrogens is 1. The van der Waals surface area contributed by atoms with Crippen LogP contribution in [0.4, 0.5) is 0 Å². The van der Waals surface area contributed by atoms with Crippen molar-refractivity contribution < 1.29 is 14.3 Å². The minimum Gasteiger partial charge on any atom is -0.490 e. The first-order valence-electron chi connectivity index (χ1n) is 8.17. The molecule has 1 N–H and O–H groups in total. The third-order valence-electron chi connectivity index (χ3n) is 3.32. The van der Waals surface area contributed by atoms with Crippen molar-refractivity contribution in [3.63, 3.8) is 0 Å². The Morgan fingerprint density at radius 1 is 1.12 bits per heavy atom. The monoisotopic (exact) mass is 328 g/mol. The van der Waals surface area contributed by atoms with Crippen LogP contribution < -0.4 is 14.8 Å². The number of rotatable bonds is 8. The molecular weight excluding hydrogens is 304 g/mol. The molecule has 1 amide bonds. The number of amides is 1. The highest BCUT2D eigenvalue weighted by atomic mass is 16.5. The second-order valence-electron chi connectivity index (χ2n) is 5.84. The molecular formula is C19H24N2O3. The molecule has 0 saturated heterocycles. The van der Waals surface area contributed by atoms with Crippen LogP contribution in [0.3, 0.4) is 0 Å². The van der Waals surface area contributed by atoms with Gasteiger partial charge in [-0.2, -0.15) is 0 Å². The number of hydrogen-bond donors (Lipinski definition) is 1. The third-order valence-corrected chi connectivity index (χ3v) is 3.32. The molecule has 2 rings (SSSR count). The van der Waals surface area contributed by atoms with Gasteiger partial charge in [-0.15, -0.1) is 0 Å². The van der Waals surface area contributed by atoms with E-state index in [9.17, 15) is 4.79 Å². The predicted octanol–water partition coefficient (Wildman–Crippen LogP) is 3.45. The zero-order valence-corrected chi connectivity index (χ0v) is 14.4. The first kappa shape index (κ1) is 17.8. The van der Waals surface area contributed by atoms with Gasteiger partial charge < -0.3 is 14.8 Å². The molecule has 0 unspecified atom stereocenters. The lowest BCUT2D eigenvalue weighted by Crippen LogP contribution is -2.27. The van der Waals surface area contributed by atoms with E-state index in [0.717, 1.165) is 5.56 Å². The molecule has 2 aromatic rings. The zero-order valence-electron chi connectivity index (χ0n) is 14.4. The summed E-state index contributed by atoms with van der Waals surface area (Å²) in [4.78, 5) is 16.2. The highest BCUT2D eigenvalue weighted by Gasteiger charge is 2.12. The molecule has 24 heavy (non-hydrogen) atoms. The van der Waals surface area contributed by atoms with Crippen LogP contribution in [0.15, 0.2) is 42.7 Å². The summed E-state index contributed by atoms with van der Waals surface area (Å²) in [5, 5.41) is 2.90. The predicted molar refractivity (Wildman–Crippen MR) is 93.4 cm³/mol. The fourth-order valence-corrected chi connectivity index (χ4v) is 2.08. The first-order chi connectivity index (χ1) is 11.6. The smallest absolute Gasteiger partial charge is 0.251 e. The van der Waals surface area contributed by atoms with Gasteiger partial charge in [0.2, 0.25) is 0 Å². The average Bonchev–Trinajstić information content (AvgIpc) is 2.59. The van der Waals surface area contributed by atoms with Crippen molar-refractivity contribution in [1.82, 2.24) is 10.3 Å². The molecule has 1 heterocycles. The second kappa shape index (κ2) is 8.91. The van der Waals surface area contributed by atoms with Gasteiger partial charge in [0.25, 0.3) is 5.91 Å². The Hall–Kier alpha value is -2.56. The molecule has 0 fully saturated rings. The van der Waals surface area contributed by atoms with Crippen molar-refractivity contribution >= 4 is 5.91 Å². The lowest BCUT2D eigenvalue weighted by Gasteiger charge is -2.14. The molecule has 0 aliphatic carbocycles. The highest BCUT2D eigenvalue weighted by molar-refractivity contribution is 5.94. The van der Waals surface area contributed by atoms with Gasteiger partial charge in [-0.1, -0.05) is 13.8 Å². The number of ether oxygens (including phenoxy) is 2. The first-order valence-corrected chi connectivity index (χ1v) is 8.17. The Morgan fingerprint density at radius 2 is 1.88 bits per heavy atom. The minimum atomic E-state index is -0.106. The van der Waals surface area contributed by atoms with E-state index < -0.39 is 0 Å². The summed E-state index contributed by atoms with van der Waals surface area (Å²) in [5.74, 6) is 1.49. The van der Waals surface area contributed by atoms with E-state index in [0.29, 0.717) is 42.7 Å². The molecule has 128 valence electrons. The molecule has 0 aliphatic heterocycles. The van der Waals surface area contributed by atoms with Crippen molar-refractivity contribution in [3.05, 3.63) is 53.9 Å². The van der Waals surface area contributed by atoms with Crippen LogP contribution in [0.25, 0.3) is 0 Å². The number of carbonyl (C=O) groups is 1. The van der Waals surface area contributed by atoms with Gasteiger partial charge in [0.1, 0.15) is 6.61 Å². The van der Waals surface area contributed by atoms with Crippen molar-refractivity contribution in [1.29, 1.82) is 0 Å². The molecule has 1 aromatic heterocycles. The minimum absolute atomic E-state index is 0.106. The van der Waals surface area contributed by atoms with Gasteiger partial charge in [-0.05, 0) is 48.7 Å². The lowest BCUT2D eigenvalue weighted by atomic mass is 10.1. The Morgan fingerprint density at radius 3 is 2.54 bits per heavy atom. The molecule has 0 saturated carbocycles. The van der Waals surface area contributed by atoms with Gasteiger partial charge in [0.05, 0.1) is 6.61 Å². The summed E-state index contributed by atoms with van der Waals surface area (Å²) in [6.07, 6.45) is 3.45. The molecule has 1 aromatic carbocycles. The van der Waals surface area contributed by atoms with E-state index in [4.69, 9.17) is 9.47 Å². The summed E-state index contributed by atoms with van der Waals surface area (Å²) >= 11 is 0. The van der Waals surface area contributed by atoms with Gasteiger partial charge in [0, 0.05) is 24.5 Å². The maximum atomic E-state index is 12.2. The summed E-state index contributed by atoms with van der Waals surface area (Å²) < 4.78 is 11.4. The van der Waals surface area contributed by atoms with E-state index in [1.165, 1.54) is 0 Å². The van der Waals surface area contributed by atoms with Crippen LogP contribution in [0.5, 0.6) is 11.5 Å². The Balaban J connectivity index is 2.09. The standard InChI is InChI=1S/C19H24N2O3/c1-4-23-18-11-16(19(22)21-12-14(2)3)5-6-17(18)24-13-15-7-9-20-10-8-15/h5-11,14H,4,12-13H2,1-3H3,(H,21,22). The maximum absolute atomic E-state index is 12.2. The van der Waals surface area contributed by atoms with Crippen LogP contribution in [-0.4, -0.2) is 24.0 Å². The Kier molecular flexibility index (Phi) is 6.61. The third kappa shape index (κ3) is 5.26. The van der Waals surface area contributed by atoms with Crippen LogP contribution in [0.1, 0.15) is 36.7 Å². The van der Waals surface area contributed by atoms with Crippen LogP contribution in [0.2, 0.25) is 0 Å². The SMILES string of the molecule is CCOc1cc(C(=O)NCC(C)C)ccc1OCc1ccncc1. The van der Waals surface area contributed by atoms with E-state index in [2.05, 4.69) is 24.1 Å². The zero-order chi connectivity index (χ0) is 17.4. The van der Waals surface area contributed by atoms with Crippen LogP contribution in [-0.2, 0) is 6.61 Å². The van der Waals surface area contributed by atoms with Gasteiger partial charge in [-0.3, -0.25) is 9.78 Å². The maximum Gasteiger partial charge on any atom is 0.251 e. The second-order valence-corrected chi connectivity index (χ2v) is 5.84. The van der Waals surface area contributed by atoms with E-state index >= 15 is 0 Å². The number of hydrogen-bond acceptors (Lipinski definition) is 4. The fourth-order valence-electron chi connectivity index (χ4n) is 2.08. The molecule has 0 aliphatic rings. The average molecular weight is 328 g/mol. The number of carbonyl (C=O) groups excluding carboxylic acids is 1. The Bertz CT molecular complexity index is 657. The topological polar surface area (TPSA) is 60.5 Å². The van der Waals surface area contributed by atoms with Gasteiger partial charge in [0.15, 0.2) is 11.5 Å². The summed E-state index contributed by atoms with van der Waals surface area (Å²) in [6.45, 7) is 7.58. The largest absolute Gasteiger partial charge is 0.490 e. The van der Waals surface area contributed by atoms with Crippen molar-refractivity contribution in [3.8, 4) is 11.5 Å². The molecule has 5 nitrogen and oxygen atoms in total. The molecule has 0 bridgehead atoms. The Labute approximate surface area is 143 Å². The summed E-state index contributed by atoms with van der Waals surface area (Å²) in [6, 6.07) is 9.04. The van der Waals surface area contributed by atoms with Gasteiger partial charge in [-0.25, -0.2) is 0 Å². The fraction of sp³-hybridized carbons (Fsp3) is 0.368. The van der Waals surface area contributed by atoms with E-state index in [1.54, 1.807) is 30.6 Å². The number of pyridine rings is 1. The number of nitrogens with zero attached hydrogens (tertiary/aromatic N) is 1. The molecule has 0 radical (unpaired) electrons. The van der Waals surface area contributed by atoms with Crippen LogP contribution >= 0.6 is 0 Å². The van der Waals surface area contributed by atoms with E-state index in [1.807, 2.05) is 19.1 Å². The quantitative estimate of drug-likeness (QED) is 0.806. The summed E-state index contributed by atoms with van der Waals surface area (Å²) in [7, 11) is 0. The van der Waals surface area contributed by atoms with Crippen molar-refractivity contribution in [2.24, 2.45) is 5.92 Å².